The fourth-order valence-electron chi connectivity index (χ4n) is 2.40. The van der Waals surface area contributed by atoms with Crippen LogP contribution in [0.5, 0.6) is 0 Å². The van der Waals surface area contributed by atoms with Crippen LogP contribution in [-0.2, 0) is 0 Å². The molecule has 2 rings (SSSR count). The number of hydrogen-bond donors (Lipinski definition) is 0. The van der Waals surface area contributed by atoms with Crippen molar-refractivity contribution in [3.63, 3.8) is 0 Å². The van der Waals surface area contributed by atoms with Crippen molar-refractivity contribution in [1.29, 1.82) is 0 Å². The van der Waals surface area contributed by atoms with E-state index in [0.29, 0.717) is 36.0 Å². The Kier molecular flexibility index (Phi) is 7.23. The molecule has 0 N–H and O–H groups in total. The summed E-state index contributed by atoms with van der Waals surface area (Å²) in [6.45, 7) is 19.3. The lowest BCUT2D eigenvalue weighted by Gasteiger charge is -2.27. The van der Waals surface area contributed by atoms with Crippen molar-refractivity contribution < 1.29 is 0 Å². The fraction of sp³-hybridized carbons (Fsp3) is 1.00. The van der Waals surface area contributed by atoms with E-state index in [4.69, 9.17) is 0 Å². The van der Waals surface area contributed by atoms with E-state index in [-0.39, 0.29) is 0 Å². The average molecular weight is 310 g/mol. The van der Waals surface area contributed by atoms with Crippen LogP contribution in [0.4, 0.5) is 0 Å². The Labute approximate surface area is 136 Å². The first kappa shape index (κ1) is 18.8. The minimum absolute atomic E-state index is 0.414. The van der Waals surface area contributed by atoms with Gasteiger partial charge in [0.1, 0.15) is 0 Å². The van der Waals surface area contributed by atoms with Gasteiger partial charge < -0.3 is 0 Å². The first-order valence-electron chi connectivity index (χ1n) is 8.57. The SMILES string of the molecule is CC(C)C1CN(C(C)C)N=N1.CC(C)C1CN=NN1C(C)C. The Balaban J connectivity index is 0.000000220. The molecule has 2 aliphatic rings. The summed E-state index contributed by atoms with van der Waals surface area (Å²) in [7, 11) is 0. The van der Waals surface area contributed by atoms with Crippen molar-refractivity contribution in [3.8, 4) is 0 Å². The first-order valence-corrected chi connectivity index (χ1v) is 8.57. The van der Waals surface area contributed by atoms with Gasteiger partial charge in [-0.3, -0.25) is 10.0 Å². The van der Waals surface area contributed by atoms with Crippen molar-refractivity contribution in [2.75, 3.05) is 13.1 Å². The molecular weight excluding hydrogens is 276 g/mol. The maximum absolute atomic E-state index is 4.19. The monoisotopic (exact) mass is 310 g/mol. The van der Waals surface area contributed by atoms with Gasteiger partial charge in [0.2, 0.25) is 0 Å². The van der Waals surface area contributed by atoms with Crippen molar-refractivity contribution in [2.24, 2.45) is 32.5 Å². The summed E-state index contributed by atoms with van der Waals surface area (Å²) < 4.78 is 0. The fourth-order valence-corrected chi connectivity index (χ4v) is 2.40. The van der Waals surface area contributed by atoms with Crippen LogP contribution in [-0.4, -0.2) is 47.3 Å². The van der Waals surface area contributed by atoms with E-state index < -0.39 is 0 Å². The van der Waals surface area contributed by atoms with Crippen LogP contribution in [0, 0.1) is 11.8 Å². The third-order valence-electron chi connectivity index (χ3n) is 4.13. The molecule has 2 atom stereocenters. The van der Waals surface area contributed by atoms with E-state index in [1.54, 1.807) is 0 Å². The van der Waals surface area contributed by atoms with E-state index in [1.165, 1.54) is 0 Å². The lowest BCUT2D eigenvalue weighted by atomic mass is 10.0. The van der Waals surface area contributed by atoms with Crippen LogP contribution < -0.4 is 0 Å². The molecular formula is C16H34N6. The maximum Gasteiger partial charge on any atom is 0.0944 e. The van der Waals surface area contributed by atoms with Crippen molar-refractivity contribution in [3.05, 3.63) is 0 Å². The largest absolute Gasteiger partial charge is 0.274 e. The van der Waals surface area contributed by atoms with Gasteiger partial charge in [0.05, 0.1) is 25.2 Å². The lowest BCUT2D eigenvalue weighted by Crippen LogP contribution is -2.37. The molecule has 6 heteroatoms. The normalized spacial score (nSPS) is 24.2. The molecule has 2 unspecified atom stereocenters. The van der Waals surface area contributed by atoms with Gasteiger partial charge in [0.15, 0.2) is 0 Å². The van der Waals surface area contributed by atoms with Crippen LogP contribution in [0.25, 0.3) is 0 Å². The zero-order valence-electron chi connectivity index (χ0n) is 15.6. The van der Waals surface area contributed by atoms with E-state index in [2.05, 4.69) is 81.1 Å². The van der Waals surface area contributed by atoms with Crippen LogP contribution in [0.15, 0.2) is 20.7 Å². The first-order chi connectivity index (χ1) is 10.2. The van der Waals surface area contributed by atoms with Crippen LogP contribution >= 0.6 is 0 Å². The van der Waals surface area contributed by atoms with Crippen LogP contribution in [0.2, 0.25) is 0 Å². The van der Waals surface area contributed by atoms with Gasteiger partial charge in [-0.25, -0.2) is 0 Å². The van der Waals surface area contributed by atoms with E-state index in [0.717, 1.165) is 13.1 Å². The quantitative estimate of drug-likeness (QED) is 0.781. The summed E-state index contributed by atoms with van der Waals surface area (Å²) in [6.07, 6.45) is 0. The Hall–Kier alpha value is -1.20. The molecule has 0 fully saturated rings. The Morgan fingerprint density at radius 1 is 0.818 bits per heavy atom. The molecule has 0 amide bonds. The zero-order valence-corrected chi connectivity index (χ0v) is 15.6. The molecule has 0 saturated heterocycles. The van der Waals surface area contributed by atoms with Gasteiger partial charge in [0, 0.05) is 12.1 Å². The highest BCUT2D eigenvalue weighted by molar-refractivity contribution is 4.79. The van der Waals surface area contributed by atoms with Crippen molar-refractivity contribution in [1.82, 2.24) is 10.0 Å². The van der Waals surface area contributed by atoms with Crippen LogP contribution in [0.3, 0.4) is 0 Å². The zero-order chi connectivity index (χ0) is 16.9. The molecule has 0 bridgehead atoms. The Bertz CT molecular complexity index is 359. The van der Waals surface area contributed by atoms with Gasteiger partial charge in [-0.15, -0.1) is 0 Å². The molecule has 128 valence electrons. The standard InChI is InChI=1S/2C8H17N3/c1-6(2)8-5-11(7(3)4)10-9-8;1-6(2)8-5-9-10-11(8)7(3)4/h2*6-8H,5H2,1-4H3. The van der Waals surface area contributed by atoms with Gasteiger partial charge in [-0.1, -0.05) is 38.1 Å². The molecule has 6 nitrogen and oxygen atoms in total. The highest BCUT2D eigenvalue weighted by Gasteiger charge is 2.26. The molecule has 0 radical (unpaired) electrons. The molecule has 0 aromatic rings. The summed E-state index contributed by atoms with van der Waals surface area (Å²) in [5.74, 6) is 1.26. The molecule has 2 aliphatic heterocycles. The van der Waals surface area contributed by atoms with E-state index >= 15 is 0 Å². The number of rotatable bonds is 4. The van der Waals surface area contributed by atoms with Gasteiger partial charge in [-0.2, -0.15) is 10.2 Å². The summed E-state index contributed by atoms with van der Waals surface area (Å²) in [5.41, 5.74) is 0. The minimum atomic E-state index is 0.414. The highest BCUT2D eigenvalue weighted by atomic mass is 15.6. The third-order valence-corrected chi connectivity index (χ3v) is 4.13. The molecule has 0 aliphatic carbocycles. The lowest BCUT2D eigenvalue weighted by molar-refractivity contribution is 0.153. The summed E-state index contributed by atoms with van der Waals surface area (Å²) in [5, 5.41) is 20.6. The second-order valence-electron chi connectivity index (χ2n) is 7.43. The van der Waals surface area contributed by atoms with Crippen molar-refractivity contribution in [2.45, 2.75) is 79.6 Å². The Morgan fingerprint density at radius 2 is 1.45 bits per heavy atom. The van der Waals surface area contributed by atoms with Gasteiger partial charge in [0.25, 0.3) is 0 Å². The van der Waals surface area contributed by atoms with Gasteiger partial charge in [-0.05, 0) is 39.5 Å². The number of hydrogen-bond acceptors (Lipinski definition) is 6. The summed E-state index contributed by atoms with van der Waals surface area (Å²) in [4.78, 5) is 0. The Morgan fingerprint density at radius 3 is 1.77 bits per heavy atom. The minimum Gasteiger partial charge on any atom is -0.274 e. The average Bonchev–Trinajstić information content (AvgIpc) is 3.09. The van der Waals surface area contributed by atoms with Crippen molar-refractivity contribution >= 4 is 0 Å². The second-order valence-corrected chi connectivity index (χ2v) is 7.43. The predicted molar refractivity (Wildman–Crippen MR) is 90.6 cm³/mol. The molecule has 2 heterocycles. The van der Waals surface area contributed by atoms with Crippen LogP contribution in [0.1, 0.15) is 55.4 Å². The topological polar surface area (TPSA) is 55.9 Å². The smallest absolute Gasteiger partial charge is 0.0944 e. The van der Waals surface area contributed by atoms with E-state index in [1.807, 2.05) is 5.01 Å². The molecule has 0 aromatic heterocycles. The predicted octanol–water partition coefficient (Wildman–Crippen LogP) is 4.20. The molecule has 22 heavy (non-hydrogen) atoms. The van der Waals surface area contributed by atoms with Gasteiger partial charge >= 0.3 is 0 Å². The second kappa shape index (κ2) is 8.44. The highest BCUT2D eigenvalue weighted by Crippen LogP contribution is 2.20. The number of nitrogens with zero attached hydrogens (tertiary/aromatic N) is 6. The third kappa shape index (κ3) is 5.21. The summed E-state index contributed by atoms with van der Waals surface area (Å²) in [6, 6.07) is 1.91. The maximum atomic E-state index is 4.19. The van der Waals surface area contributed by atoms with E-state index in [9.17, 15) is 0 Å². The summed E-state index contributed by atoms with van der Waals surface area (Å²) >= 11 is 0. The molecule has 0 aromatic carbocycles. The molecule has 0 spiro atoms. The molecule has 0 saturated carbocycles.